The summed E-state index contributed by atoms with van der Waals surface area (Å²) >= 11 is 1.47. The molecule has 1 fully saturated rings. The summed E-state index contributed by atoms with van der Waals surface area (Å²) in [4.78, 5) is 28.1. The number of hydrogen-bond acceptors (Lipinski definition) is 7. The zero-order valence-electron chi connectivity index (χ0n) is 18.7. The highest BCUT2D eigenvalue weighted by molar-refractivity contribution is 7.22. The lowest BCUT2D eigenvalue weighted by Gasteiger charge is -2.25. The summed E-state index contributed by atoms with van der Waals surface area (Å²) in [5.74, 6) is 0.623. The lowest BCUT2D eigenvalue weighted by molar-refractivity contribution is -0.118. The van der Waals surface area contributed by atoms with Crippen molar-refractivity contribution in [1.29, 1.82) is 0 Å². The van der Waals surface area contributed by atoms with Gasteiger partial charge in [0.1, 0.15) is 0 Å². The molecular formula is C26H25N5O2S. The molecule has 172 valence electrons. The van der Waals surface area contributed by atoms with Gasteiger partial charge in [0.2, 0.25) is 5.91 Å². The van der Waals surface area contributed by atoms with E-state index in [-0.39, 0.29) is 5.91 Å². The van der Waals surface area contributed by atoms with Crippen LogP contribution in [0.3, 0.4) is 0 Å². The largest absolute Gasteiger partial charge is 0.379 e. The van der Waals surface area contributed by atoms with Gasteiger partial charge >= 0.3 is 0 Å². The second kappa shape index (κ2) is 10.6. The number of fused-ring (bicyclic) bond motifs is 1. The summed E-state index contributed by atoms with van der Waals surface area (Å²) in [6.45, 7) is 3.25. The Bertz CT molecular complexity index is 1300. The van der Waals surface area contributed by atoms with Crippen LogP contribution in [0, 0.1) is 0 Å². The number of hydrogen-bond donors (Lipinski definition) is 1. The SMILES string of the molecule is O=C(CN1CCOCC1)Nc1nc2ccc(-c3ccnc(/C=C\Cc4ccccc4)n3)cc2s1. The van der Waals surface area contributed by atoms with Crippen LogP contribution in [0.1, 0.15) is 11.4 Å². The van der Waals surface area contributed by atoms with Gasteiger partial charge in [-0.1, -0.05) is 53.8 Å². The Balaban J connectivity index is 1.27. The number of thiazole rings is 1. The van der Waals surface area contributed by atoms with E-state index in [0.717, 1.165) is 41.0 Å². The lowest BCUT2D eigenvalue weighted by Crippen LogP contribution is -2.41. The molecule has 0 spiro atoms. The molecule has 1 saturated heterocycles. The maximum atomic E-state index is 12.4. The Morgan fingerprint density at radius 3 is 2.79 bits per heavy atom. The highest BCUT2D eigenvalue weighted by Crippen LogP contribution is 2.30. The topological polar surface area (TPSA) is 80.2 Å². The number of allylic oxidation sites excluding steroid dienone is 1. The highest BCUT2D eigenvalue weighted by atomic mass is 32.1. The number of nitrogens with one attached hydrogen (secondary N) is 1. The number of benzene rings is 2. The van der Waals surface area contributed by atoms with Gasteiger partial charge in [-0.15, -0.1) is 0 Å². The summed E-state index contributed by atoms with van der Waals surface area (Å²) in [5, 5.41) is 3.54. The Hall–Kier alpha value is -3.46. The van der Waals surface area contributed by atoms with Crippen molar-refractivity contribution in [3.05, 3.63) is 78.3 Å². The first kappa shape index (κ1) is 22.3. The number of anilines is 1. The van der Waals surface area contributed by atoms with Crippen LogP contribution in [0.5, 0.6) is 0 Å². The molecule has 5 rings (SSSR count). The second-order valence-corrected chi connectivity index (χ2v) is 9.06. The maximum Gasteiger partial charge on any atom is 0.240 e. The molecule has 8 heteroatoms. The molecule has 7 nitrogen and oxygen atoms in total. The van der Waals surface area contributed by atoms with Crippen molar-refractivity contribution in [2.45, 2.75) is 6.42 Å². The van der Waals surface area contributed by atoms with Crippen LogP contribution in [0.2, 0.25) is 0 Å². The predicted molar refractivity (Wildman–Crippen MR) is 136 cm³/mol. The van der Waals surface area contributed by atoms with E-state index in [1.807, 2.05) is 42.5 Å². The van der Waals surface area contributed by atoms with E-state index in [1.165, 1.54) is 16.9 Å². The van der Waals surface area contributed by atoms with E-state index in [2.05, 4.69) is 44.5 Å². The van der Waals surface area contributed by atoms with Gasteiger partial charge in [0, 0.05) is 24.8 Å². The van der Waals surface area contributed by atoms with Gasteiger partial charge in [-0.25, -0.2) is 15.0 Å². The second-order valence-electron chi connectivity index (χ2n) is 8.03. The predicted octanol–water partition coefficient (Wildman–Crippen LogP) is 4.28. The first-order valence-corrected chi connectivity index (χ1v) is 12.1. The normalized spacial score (nSPS) is 14.6. The molecule has 1 aliphatic heterocycles. The van der Waals surface area contributed by atoms with Gasteiger partial charge in [-0.05, 0) is 36.3 Å². The highest BCUT2D eigenvalue weighted by Gasteiger charge is 2.15. The molecule has 0 atom stereocenters. The van der Waals surface area contributed by atoms with Crippen molar-refractivity contribution in [2.75, 3.05) is 38.2 Å². The molecule has 0 aliphatic carbocycles. The Morgan fingerprint density at radius 2 is 1.94 bits per heavy atom. The molecule has 2 aromatic carbocycles. The lowest BCUT2D eigenvalue weighted by atomic mass is 10.1. The van der Waals surface area contributed by atoms with Gasteiger partial charge in [0.15, 0.2) is 11.0 Å². The van der Waals surface area contributed by atoms with E-state index in [1.54, 1.807) is 6.20 Å². The quantitative estimate of drug-likeness (QED) is 0.433. The number of rotatable bonds is 7. The molecule has 1 aliphatic rings. The maximum absolute atomic E-state index is 12.4. The molecule has 0 radical (unpaired) electrons. The standard InChI is InChI=1S/C26H25N5O2S/c32-25(18-31-13-15-33-16-14-31)30-26-29-22-10-9-20(17-23(22)34-26)21-11-12-27-24(28-21)8-4-7-19-5-2-1-3-6-19/h1-6,8-12,17H,7,13-16,18H2,(H,29,30,32)/b8-4-. The van der Waals surface area contributed by atoms with E-state index in [0.29, 0.717) is 30.7 Å². The van der Waals surface area contributed by atoms with Gasteiger partial charge in [0.25, 0.3) is 0 Å². The van der Waals surface area contributed by atoms with Gasteiger partial charge in [0.05, 0.1) is 35.7 Å². The zero-order valence-corrected chi connectivity index (χ0v) is 19.5. The molecule has 4 aromatic rings. The number of aromatic nitrogens is 3. The molecule has 2 aromatic heterocycles. The van der Waals surface area contributed by atoms with E-state index < -0.39 is 0 Å². The number of amides is 1. The molecular weight excluding hydrogens is 446 g/mol. The molecule has 0 unspecified atom stereocenters. The third kappa shape index (κ3) is 5.72. The van der Waals surface area contributed by atoms with Crippen LogP contribution >= 0.6 is 11.3 Å². The van der Waals surface area contributed by atoms with E-state index >= 15 is 0 Å². The van der Waals surface area contributed by atoms with Crippen molar-refractivity contribution >= 4 is 38.7 Å². The number of morpholine rings is 1. The smallest absolute Gasteiger partial charge is 0.240 e. The molecule has 1 amide bonds. The first-order chi connectivity index (χ1) is 16.7. The zero-order chi connectivity index (χ0) is 23.2. The van der Waals surface area contributed by atoms with Crippen LogP contribution < -0.4 is 5.32 Å². The fraction of sp³-hybridized carbons (Fsp3) is 0.231. The molecule has 0 saturated carbocycles. The summed E-state index contributed by atoms with van der Waals surface area (Å²) in [6.07, 6.45) is 6.64. The van der Waals surface area contributed by atoms with Gasteiger partial charge < -0.3 is 10.1 Å². The molecule has 3 heterocycles. The van der Waals surface area contributed by atoms with E-state index in [9.17, 15) is 4.79 Å². The first-order valence-electron chi connectivity index (χ1n) is 11.3. The number of carbonyl (C=O) groups excluding carboxylic acids is 1. The monoisotopic (exact) mass is 471 g/mol. The third-order valence-corrected chi connectivity index (χ3v) is 6.47. The third-order valence-electron chi connectivity index (χ3n) is 5.54. The minimum atomic E-state index is -0.0519. The van der Waals surface area contributed by atoms with Crippen LogP contribution in [0.15, 0.2) is 66.9 Å². The summed E-state index contributed by atoms with van der Waals surface area (Å²) in [6, 6.07) is 18.2. The average Bonchev–Trinajstić information content (AvgIpc) is 3.27. The Labute approximate surface area is 202 Å². The van der Waals surface area contributed by atoms with Crippen molar-refractivity contribution in [2.24, 2.45) is 0 Å². The van der Waals surface area contributed by atoms with Crippen molar-refractivity contribution in [3.8, 4) is 11.3 Å². The van der Waals surface area contributed by atoms with Crippen molar-refractivity contribution in [3.63, 3.8) is 0 Å². The summed E-state index contributed by atoms with van der Waals surface area (Å²) in [7, 11) is 0. The summed E-state index contributed by atoms with van der Waals surface area (Å²) < 4.78 is 6.33. The molecule has 0 bridgehead atoms. The average molecular weight is 472 g/mol. The van der Waals surface area contributed by atoms with Crippen LogP contribution in [-0.2, 0) is 16.0 Å². The minimum Gasteiger partial charge on any atom is -0.379 e. The van der Waals surface area contributed by atoms with Gasteiger partial charge in [-0.2, -0.15) is 0 Å². The Kier molecular flexibility index (Phi) is 6.99. The van der Waals surface area contributed by atoms with Gasteiger partial charge in [-0.3, -0.25) is 9.69 Å². The van der Waals surface area contributed by atoms with Crippen LogP contribution in [0.4, 0.5) is 5.13 Å². The summed E-state index contributed by atoms with van der Waals surface area (Å²) in [5.41, 5.74) is 3.94. The number of carbonyl (C=O) groups is 1. The fourth-order valence-electron chi connectivity index (χ4n) is 3.79. The van der Waals surface area contributed by atoms with Crippen LogP contribution in [0.25, 0.3) is 27.6 Å². The van der Waals surface area contributed by atoms with Crippen molar-refractivity contribution in [1.82, 2.24) is 19.9 Å². The number of nitrogens with zero attached hydrogens (tertiary/aromatic N) is 4. The van der Waals surface area contributed by atoms with Crippen LogP contribution in [-0.4, -0.2) is 58.6 Å². The molecule has 1 N–H and O–H groups in total. The minimum absolute atomic E-state index is 0.0519. The molecule has 34 heavy (non-hydrogen) atoms. The van der Waals surface area contributed by atoms with E-state index in [4.69, 9.17) is 9.72 Å². The Morgan fingerprint density at radius 1 is 1.09 bits per heavy atom. The number of ether oxygens (including phenoxy) is 1. The fourth-order valence-corrected chi connectivity index (χ4v) is 4.71. The van der Waals surface area contributed by atoms with Crippen molar-refractivity contribution < 1.29 is 9.53 Å².